The molecule has 5 nitrogen and oxygen atoms in total. The van der Waals surface area contributed by atoms with Gasteiger partial charge in [0.25, 0.3) is 0 Å². The maximum Gasteiger partial charge on any atom is 0.449 e. The fourth-order valence-electron chi connectivity index (χ4n) is 5.65. The zero-order chi connectivity index (χ0) is 30.8. The van der Waals surface area contributed by atoms with Crippen molar-refractivity contribution in [1.82, 2.24) is 9.88 Å². The number of benzene rings is 1. The van der Waals surface area contributed by atoms with Crippen molar-refractivity contribution in [2.24, 2.45) is 11.8 Å². The van der Waals surface area contributed by atoms with Crippen LogP contribution in [0.5, 0.6) is 0 Å². The van der Waals surface area contributed by atoms with Crippen molar-refractivity contribution in [3.05, 3.63) is 125 Å². The first kappa shape index (κ1) is 30.3. The number of furan rings is 1. The van der Waals surface area contributed by atoms with E-state index >= 15 is 0 Å². The van der Waals surface area contributed by atoms with Crippen molar-refractivity contribution in [2.75, 3.05) is 13.7 Å². The van der Waals surface area contributed by atoms with Crippen LogP contribution in [0, 0.1) is 11.8 Å². The van der Waals surface area contributed by atoms with Gasteiger partial charge in [-0.2, -0.15) is 13.2 Å². The highest BCUT2D eigenvalue weighted by Crippen LogP contribution is 2.36. The van der Waals surface area contributed by atoms with Gasteiger partial charge in [0.05, 0.1) is 24.8 Å². The van der Waals surface area contributed by atoms with E-state index < -0.39 is 17.4 Å². The molecule has 0 N–H and O–H groups in total. The van der Waals surface area contributed by atoms with E-state index in [0.717, 1.165) is 34.0 Å². The minimum atomic E-state index is -4.53. The number of nitrogens with zero attached hydrogens (tertiary/aromatic N) is 2. The second-order valence-electron chi connectivity index (χ2n) is 11.6. The van der Waals surface area contributed by atoms with Crippen LogP contribution in [0.15, 0.2) is 107 Å². The summed E-state index contributed by atoms with van der Waals surface area (Å²) in [6, 6.07) is 14.0. The fraction of sp³-hybridized carbons (Fsp3) is 0.314. The smallest absolute Gasteiger partial charge is 0.449 e. The van der Waals surface area contributed by atoms with Crippen LogP contribution in [0.2, 0.25) is 0 Å². The van der Waals surface area contributed by atoms with Crippen LogP contribution in [-0.4, -0.2) is 29.5 Å². The van der Waals surface area contributed by atoms with Crippen LogP contribution < -0.4 is 0 Å². The highest BCUT2D eigenvalue weighted by atomic mass is 19.4. The molecule has 0 bridgehead atoms. The number of allylic oxidation sites excluding steroid dienone is 7. The van der Waals surface area contributed by atoms with Gasteiger partial charge in [-0.1, -0.05) is 66.3 Å². The first-order valence-electron chi connectivity index (χ1n) is 14.2. The van der Waals surface area contributed by atoms with Gasteiger partial charge in [-0.3, -0.25) is 14.7 Å². The van der Waals surface area contributed by atoms with Gasteiger partial charge < -0.3 is 9.15 Å². The van der Waals surface area contributed by atoms with Crippen LogP contribution in [0.4, 0.5) is 13.2 Å². The Morgan fingerprint density at radius 2 is 1.72 bits per heavy atom. The van der Waals surface area contributed by atoms with Crippen LogP contribution in [0.25, 0.3) is 11.3 Å². The summed E-state index contributed by atoms with van der Waals surface area (Å²) in [6.07, 6.45) is 9.94. The number of rotatable bonds is 9. The van der Waals surface area contributed by atoms with Crippen molar-refractivity contribution >= 4 is 5.97 Å². The van der Waals surface area contributed by atoms with Gasteiger partial charge in [0.2, 0.25) is 5.76 Å². The van der Waals surface area contributed by atoms with Crippen LogP contribution in [0.3, 0.4) is 0 Å². The molecule has 8 heteroatoms. The first-order chi connectivity index (χ1) is 20.5. The quantitative estimate of drug-likeness (QED) is 0.237. The normalized spacial score (nSPS) is 18.3. The Morgan fingerprint density at radius 3 is 2.42 bits per heavy atom. The molecule has 0 fully saturated rings. The Labute approximate surface area is 250 Å². The fourth-order valence-corrected chi connectivity index (χ4v) is 5.65. The summed E-state index contributed by atoms with van der Waals surface area (Å²) in [5, 5.41) is 0. The number of hydrogen-bond acceptors (Lipinski definition) is 5. The van der Waals surface area contributed by atoms with E-state index in [1.54, 1.807) is 6.20 Å². The summed E-state index contributed by atoms with van der Waals surface area (Å²) in [6.45, 7) is 7.01. The van der Waals surface area contributed by atoms with Gasteiger partial charge in [-0.25, -0.2) is 0 Å². The number of hydrogen-bond donors (Lipinski definition) is 0. The highest BCUT2D eigenvalue weighted by Gasteiger charge is 2.35. The molecule has 0 radical (unpaired) electrons. The minimum absolute atomic E-state index is 0.204. The number of methoxy groups -OCH3 is 1. The molecule has 2 heterocycles. The predicted molar refractivity (Wildman–Crippen MR) is 160 cm³/mol. The highest BCUT2D eigenvalue weighted by molar-refractivity contribution is 5.82. The molecule has 0 spiro atoms. The number of halogens is 3. The van der Waals surface area contributed by atoms with E-state index in [1.807, 2.05) is 62.4 Å². The average Bonchev–Trinajstić information content (AvgIpc) is 3.48. The van der Waals surface area contributed by atoms with Gasteiger partial charge >= 0.3 is 12.1 Å². The number of alkyl halides is 3. The Hall–Kier alpha value is -4.17. The lowest BCUT2D eigenvalue weighted by atomic mass is 9.77. The number of carbonyl (C=O) groups is 1. The lowest BCUT2D eigenvalue weighted by molar-refractivity contribution is -0.153. The van der Waals surface area contributed by atoms with Crippen LogP contribution in [0.1, 0.15) is 43.4 Å². The molecular formula is C35H35F3N2O3. The number of aromatic nitrogens is 1. The molecule has 2 aliphatic rings. The van der Waals surface area contributed by atoms with Gasteiger partial charge in [0.15, 0.2) is 0 Å². The first-order valence-corrected chi connectivity index (χ1v) is 14.2. The Morgan fingerprint density at radius 1 is 0.977 bits per heavy atom. The van der Waals surface area contributed by atoms with Crippen molar-refractivity contribution in [1.29, 1.82) is 0 Å². The molecule has 0 saturated carbocycles. The number of carbonyl (C=O) groups excluding carboxylic acids is 1. The largest absolute Gasteiger partial charge is 0.468 e. The summed E-state index contributed by atoms with van der Waals surface area (Å²) >= 11 is 0. The summed E-state index contributed by atoms with van der Waals surface area (Å²) < 4.78 is 50.0. The van der Waals surface area contributed by atoms with E-state index in [-0.39, 0.29) is 30.1 Å². The number of fused-ring (bicyclic) bond motifs is 1. The number of ether oxygens (including phenoxy) is 1. The Balaban J connectivity index is 1.39. The van der Waals surface area contributed by atoms with E-state index in [4.69, 9.17) is 9.15 Å². The number of esters is 1. The third-order valence-electron chi connectivity index (χ3n) is 8.20. The lowest BCUT2D eigenvalue weighted by Gasteiger charge is -2.33. The molecule has 0 saturated heterocycles. The SMILES string of the molecule is COC(=O)C(C)(C)c1ccnc(-c2ccc(CN(CC3=C(C)C=CC4C=CC=CC34)Cc3ccc(C(F)(F)F)o3)cc2)c1. The second kappa shape index (κ2) is 12.2. The van der Waals surface area contributed by atoms with Gasteiger partial charge in [0.1, 0.15) is 5.76 Å². The van der Waals surface area contributed by atoms with Crippen molar-refractivity contribution in [3.63, 3.8) is 0 Å². The van der Waals surface area contributed by atoms with Crippen LogP contribution >= 0.6 is 0 Å². The standard InChI is InChI=1S/C35H35F3N2O3/c1-23-9-12-25-7-5-6-8-29(25)30(23)22-40(21-28-15-16-32(43-28)35(36,37)38)20-24-10-13-26(14-11-24)31-19-27(17-18-39-31)34(2,3)33(41)42-4/h5-19,25,29H,20-22H2,1-4H3. The molecule has 1 aromatic carbocycles. The van der Waals surface area contributed by atoms with Crippen LogP contribution in [-0.2, 0) is 34.2 Å². The van der Waals surface area contributed by atoms with E-state index in [1.165, 1.54) is 18.7 Å². The van der Waals surface area contributed by atoms with Crippen molar-refractivity contribution in [2.45, 2.75) is 45.5 Å². The monoisotopic (exact) mass is 588 g/mol. The van der Waals surface area contributed by atoms with Crippen molar-refractivity contribution in [3.8, 4) is 11.3 Å². The molecule has 0 amide bonds. The molecule has 3 aromatic rings. The summed E-state index contributed by atoms with van der Waals surface area (Å²) in [5.41, 5.74) is 4.99. The number of pyridine rings is 1. The predicted octanol–water partition coefficient (Wildman–Crippen LogP) is 8.06. The maximum absolute atomic E-state index is 13.3. The lowest BCUT2D eigenvalue weighted by Crippen LogP contribution is -2.30. The van der Waals surface area contributed by atoms with E-state index in [0.29, 0.717) is 13.1 Å². The van der Waals surface area contributed by atoms with Gasteiger partial charge in [-0.15, -0.1) is 0 Å². The van der Waals surface area contributed by atoms with E-state index in [2.05, 4.69) is 41.1 Å². The zero-order valence-electron chi connectivity index (χ0n) is 24.7. The third-order valence-corrected chi connectivity index (χ3v) is 8.20. The Kier molecular flexibility index (Phi) is 8.60. The van der Waals surface area contributed by atoms with Crippen molar-refractivity contribution < 1.29 is 27.1 Å². The Bertz CT molecular complexity index is 1590. The topological polar surface area (TPSA) is 55.6 Å². The molecule has 0 aliphatic heterocycles. The van der Waals surface area contributed by atoms with E-state index in [9.17, 15) is 18.0 Å². The summed E-state index contributed by atoms with van der Waals surface area (Å²) in [5.74, 6) is -0.594. The molecule has 5 rings (SSSR count). The van der Waals surface area contributed by atoms with Gasteiger partial charge in [-0.05, 0) is 61.7 Å². The molecular weight excluding hydrogens is 553 g/mol. The molecule has 2 aromatic heterocycles. The zero-order valence-corrected chi connectivity index (χ0v) is 24.7. The summed E-state index contributed by atoms with van der Waals surface area (Å²) in [7, 11) is 1.37. The molecule has 224 valence electrons. The minimum Gasteiger partial charge on any atom is -0.468 e. The average molecular weight is 589 g/mol. The van der Waals surface area contributed by atoms with Gasteiger partial charge in [0, 0.05) is 36.7 Å². The molecule has 2 aliphatic carbocycles. The summed E-state index contributed by atoms with van der Waals surface area (Å²) in [4.78, 5) is 19.0. The molecule has 43 heavy (non-hydrogen) atoms. The molecule has 2 atom stereocenters. The molecule has 2 unspecified atom stereocenters. The second-order valence-corrected chi connectivity index (χ2v) is 11.6. The third kappa shape index (κ3) is 6.75. The maximum atomic E-state index is 13.3.